The second-order valence-corrected chi connectivity index (χ2v) is 4.69. The molecular formula is C17H20N2O2. The summed E-state index contributed by atoms with van der Waals surface area (Å²) in [6.45, 7) is 1.97. The van der Waals surface area contributed by atoms with Crippen molar-refractivity contribution >= 4 is 17.3 Å². The van der Waals surface area contributed by atoms with Crippen LogP contribution in [-0.2, 0) is 4.79 Å². The maximum atomic E-state index is 12.3. The molecule has 0 saturated carbocycles. The smallest absolute Gasteiger partial charge is 0.246 e. The van der Waals surface area contributed by atoms with E-state index in [2.05, 4.69) is 10.6 Å². The van der Waals surface area contributed by atoms with Gasteiger partial charge in [0.15, 0.2) is 0 Å². The summed E-state index contributed by atoms with van der Waals surface area (Å²) in [6.07, 6.45) is 0.690. The fourth-order valence-corrected chi connectivity index (χ4v) is 2.02. The lowest BCUT2D eigenvalue weighted by Gasteiger charge is -2.18. The van der Waals surface area contributed by atoms with Crippen LogP contribution in [-0.4, -0.2) is 19.1 Å². The second kappa shape index (κ2) is 7.33. The van der Waals surface area contributed by atoms with Crippen molar-refractivity contribution in [2.75, 3.05) is 17.7 Å². The van der Waals surface area contributed by atoms with Crippen molar-refractivity contribution in [3.63, 3.8) is 0 Å². The molecule has 1 amide bonds. The van der Waals surface area contributed by atoms with Gasteiger partial charge in [-0.25, -0.2) is 0 Å². The van der Waals surface area contributed by atoms with Gasteiger partial charge in [-0.2, -0.15) is 0 Å². The van der Waals surface area contributed by atoms with Crippen LogP contribution in [0.3, 0.4) is 0 Å². The number of nitrogens with one attached hydrogen (secondary N) is 2. The molecule has 21 heavy (non-hydrogen) atoms. The molecule has 2 N–H and O–H groups in total. The molecule has 0 saturated heterocycles. The van der Waals surface area contributed by atoms with E-state index in [9.17, 15) is 4.79 Å². The van der Waals surface area contributed by atoms with E-state index in [1.54, 1.807) is 7.11 Å². The maximum absolute atomic E-state index is 12.3. The third-order valence-electron chi connectivity index (χ3n) is 3.18. The normalized spacial score (nSPS) is 11.5. The Balaban J connectivity index is 2.03. The van der Waals surface area contributed by atoms with Crippen molar-refractivity contribution in [3.8, 4) is 5.75 Å². The average molecular weight is 284 g/mol. The summed E-state index contributed by atoms with van der Waals surface area (Å²) in [6, 6.07) is 16.7. The molecule has 4 nitrogen and oxygen atoms in total. The van der Waals surface area contributed by atoms with Crippen LogP contribution in [0.15, 0.2) is 54.6 Å². The van der Waals surface area contributed by atoms with Gasteiger partial charge in [0.2, 0.25) is 5.91 Å². The molecule has 2 rings (SSSR count). The number of benzene rings is 2. The first-order valence-electron chi connectivity index (χ1n) is 6.99. The van der Waals surface area contributed by atoms with Crippen molar-refractivity contribution in [1.82, 2.24) is 0 Å². The predicted molar refractivity (Wildman–Crippen MR) is 85.8 cm³/mol. The zero-order valence-corrected chi connectivity index (χ0v) is 12.3. The maximum Gasteiger partial charge on any atom is 0.246 e. The lowest BCUT2D eigenvalue weighted by Crippen LogP contribution is -2.34. The van der Waals surface area contributed by atoms with Gasteiger partial charge in [0.1, 0.15) is 11.8 Å². The first kappa shape index (κ1) is 14.9. The van der Waals surface area contributed by atoms with E-state index in [4.69, 9.17) is 4.74 Å². The fraction of sp³-hybridized carbons (Fsp3) is 0.235. The van der Waals surface area contributed by atoms with Crippen LogP contribution in [0.5, 0.6) is 5.75 Å². The molecular weight excluding hydrogens is 264 g/mol. The van der Waals surface area contributed by atoms with E-state index in [-0.39, 0.29) is 11.9 Å². The van der Waals surface area contributed by atoms with Gasteiger partial charge in [-0.3, -0.25) is 4.79 Å². The zero-order chi connectivity index (χ0) is 15.1. The molecule has 2 aromatic rings. The van der Waals surface area contributed by atoms with Crippen molar-refractivity contribution in [2.45, 2.75) is 19.4 Å². The van der Waals surface area contributed by atoms with Crippen molar-refractivity contribution in [3.05, 3.63) is 54.6 Å². The molecule has 0 aliphatic carbocycles. The minimum absolute atomic E-state index is 0.0495. The van der Waals surface area contributed by atoms with Crippen molar-refractivity contribution in [1.29, 1.82) is 0 Å². The van der Waals surface area contributed by atoms with Crippen LogP contribution in [0.25, 0.3) is 0 Å². The van der Waals surface area contributed by atoms with Crippen molar-refractivity contribution < 1.29 is 9.53 Å². The number of hydrogen-bond donors (Lipinski definition) is 2. The molecule has 0 spiro atoms. The van der Waals surface area contributed by atoms with Gasteiger partial charge in [0.05, 0.1) is 7.11 Å². The lowest BCUT2D eigenvalue weighted by atomic mass is 10.2. The van der Waals surface area contributed by atoms with E-state index < -0.39 is 0 Å². The summed E-state index contributed by atoms with van der Waals surface area (Å²) in [5.74, 6) is 0.713. The fourth-order valence-electron chi connectivity index (χ4n) is 2.02. The summed E-state index contributed by atoms with van der Waals surface area (Å²) in [4.78, 5) is 12.3. The summed E-state index contributed by atoms with van der Waals surface area (Å²) in [5, 5.41) is 6.14. The SMILES string of the molecule is CC[C@H](Nc1cccc(OC)c1)C(=O)Nc1ccccc1. The number of ether oxygens (including phenoxy) is 1. The Labute approximate surface area is 125 Å². The number of para-hydroxylation sites is 1. The molecule has 0 radical (unpaired) electrons. The Morgan fingerprint density at radius 2 is 1.81 bits per heavy atom. The second-order valence-electron chi connectivity index (χ2n) is 4.69. The minimum atomic E-state index is -0.294. The molecule has 0 fully saturated rings. The van der Waals surface area contributed by atoms with Crippen LogP contribution in [0.1, 0.15) is 13.3 Å². The average Bonchev–Trinajstić information content (AvgIpc) is 2.53. The van der Waals surface area contributed by atoms with Gasteiger partial charge in [0, 0.05) is 17.4 Å². The highest BCUT2D eigenvalue weighted by molar-refractivity contribution is 5.96. The third-order valence-corrected chi connectivity index (χ3v) is 3.18. The summed E-state index contributed by atoms with van der Waals surface area (Å²) >= 11 is 0. The first-order chi connectivity index (χ1) is 10.2. The van der Waals surface area contributed by atoms with E-state index in [1.165, 1.54) is 0 Å². The topological polar surface area (TPSA) is 50.4 Å². The summed E-state index contributed by atoms with van der Waals surface area (Å²) < 4.78 is 5.19. The van der Waals surface area contributed by atoms with Crippen LogP contribution >= 0.6 is 0 Å². The monoisotopic (exact) mass is 284 g/mol. The van der Waals surface area contributed by atoms with Gasteiger partial charge >= 0.3 is 0 Å². The summed E-state index contributed by atoms with van der Waals surface area (Å²) in [5.41, 5.74) is 1.66. The van der Waals surface area contributed by atoms with Crippen LogP contribution in [0.4, 0.5) is 11.4 Å². The molecule has 0 heterocycles. The van der Waals surface area contributed by atoms with E-state index >= 15 is 0 Å². The molecule has 2 aromatic carbocycles. The number of carbonyl (C=O) groups is 1. The van der Waals surface area contributed by atoms with E-state index in [0.29, 0.717) is 6.42 Å². The largest absolute Gasteiger partial charge is 0.497 e. The van der Waals surface area contributed by atoms with Gasteiger partial charge < -0.3 is 15.4 Å². The number of carbonyl (C=O) groups excluding carboxylic acids is 1. The first-order valence-corrected chi connectivity index (χ1v) is 6.99. The Kier molecular flexibility index (Phi) is 5.21. The van der Waals surface area contributed by atoms with Gasteiger partial charge in [-0.15, -0.1) is 0 Å². The number of amides is 1. The van der Waals surface area contributed by atoms with Gasteiger partial charge in [-0.05, 0) is 30.7 Å². The van der Waals surface area contributed by atoms with Crippen molar-refractivity contribution in [2.24, 2.45) is 0 Å². The predicted octanol–water partition coefficient (Wildman–Crippen LogP) is 3.52. The Hall–Kier alpha value is -2.49. The zero-order valence-electron chi connectivity index (χ0n) is 12.3. The highest BCUT2D eigenvalue weighted by atomic mass is 16.5. The van der Waals surface area contributed by atoms with Crippen LogP contribution < -0.4 is 15.4 Å². The quantitative estimate of drug-likeness (QED) is 0.853. The lowest BCUT2D eigenvalue weighted by molar-refractivity contribution is -0.116. The molecule has 0 aromatic heterocycles. The molecule has 0 bridgehead atoms. The highest BCUT2D eigenvalue weighted by Crippen LogP contribution is 2.18. The minimum Gasteiger partial charge on any atom is -0.497 e. The third kappa shape index (κ3) is 4.24. The molecule has 0 aliphatic rings. The van der Waals surface area contributed by atoms with E-state index in [1.807, 2.05) is 61.5 Å². The van der Waals surface area contributed by atoms with Crippen LogP contribution in [0, 0.1) is 0 Å². The molecule has 4 heteroatoms. The molecule has 0 unspecified atom stereocenters. The Bertz CT molecular complexity index is 584. The molecule has 0 aliphatic heterocycles. The highest BCUT2D eigenvalue weighted by Gasteiger charge is 2.16. The molecule has 1 atom stereocenters. The number of hydrogen-bond acceptors (Lipinski definition) is 3. The van der Waals surface area contributed by atoms with E-state index in [0.717, 1.165) is 17.1 Å². The summed E-state index contributed by atoms with van der Waals surface area (Å²) in [7, 11) is 1.62. The van der Waals surface area contributed by atoms with Crippen LogP contribution in [0.2, 0.25) is 0 Å². The number of rotatable bonds is 6. The molecule has 110 valence electrons. The standard InChI is InChI=1S/C17H20N2O2/c1-3-16(17(20)19-13-8-5-4-6-9-13)18-14-10-7-11-15(12-14)21-2/h4-12,16,18H,3H2,1-2H3,(H,19,20)/t16-/m0/s1. The Morgan fingerprint density at radius 3 is 2.48 bits per heavy atom. The Morgan fingerprint density at radius 1 is 1.10 bits per heavy atom. The number of anilines is 2. The van der Waals surface area contributed by atoms with Gasteiger partial charge in [-0.1, -0.05) is 31.2 Å². The number of methoxy groups -OCH3 is 1. The van der Waals surface area contributed by atoms with Gasteiger partial charge in [0.25, 0.3) is 0 Å².